The van der Waals surface area contributed by atoms with Crippen LogP contribution in [0.3, 0.4) is 0 Å². The maximum Gasteiger partial charge on any atom is 0.308 e. The van der Waals surface area contributed by atoms with Gasteiger partial charge in [-0.25, -0.2) is 0 Å². The molecule has 2 unspecified atom stereocenters. The normalized spacial score (nSPS) is 21.8. The van der Waals surface area contributed by atoms with Gasteiger partial charge in [0.15, 0.2) is 0 Å². The first-order valence-electron chi connectivity index (χ1n) is 6.27. The Hall–Kier alpha value is -1.10. The number of rotatable bonds is 6. The van der Waals surface area contributed by atoms with Crippen LogP contribution in [0.2, 0.25) is 0 Å². The molecule has 1 heterocycles. The monoisotopic (exact) mass is 243 g/mol. The highest BCUT2D eigenvalue weighted by atomic mass is 16.5. The molecule has 0 aliphatic carbocycles. The van der Waals surface area contributed by atoms with Crippen molar-refractivity contribution in [2.75, 3.05) is 13.2 Å². The van der Waals surface area contributed by atoms with E-state index in [1.165, 1.54) is 0 Å². The average Bonchev–Trinajstić information content (AvgIpc) is 2.34. The fourth-order valence-corrected chi connectivity index (χ4v) is 1.95. The Morgan fingerprint density at radius 1 is 1.47 bits per heavy atom. The fraction of sp³-hybridized carbons (Fsp3) is 0.833. The molecule has 5 heteroatoms. The Morgan fingerprint density at radius 3 is 2.76 bits per heavy atom. The zero-order valence-electron chi connectivity index (χ0n) is 10.3. The largest absolute Gasteiger partial charge is 0.481 e. The predicted octanol–water partition coefficient (Wildman–Crippen LogP) is 1.17. The standard InChI is InChI=1S/C12H21NO4/c1-2-5-9(12(15)16)8-13-11(14)10-6-3-4-7-17-10/h9-10H,2-8H2,1H3,(H,13,14)(H,15,16). The minimum Gasteiger partial charge on any atom is -0.481 e. The molecular weight excluding hydrogens is 222 g/mol. The summed E-state index contributed by atoms with van der Waals surface area (Å²) in [7, 11) is 0. The van der Waals surface area contributed by atoms with Gasteiger partial charge in [0, 0.05) is 13.2 Å². The summed E-state index contributed by atoms with van der Waals surface area (Å²) >= 11 is 0. The molecule has 0 bridgehead atoms. The number of hydrogen-bond donors (Lipinski definition) is 2. The minimum atomic E-state index is -0.850. The molecule has 0 aromatic heterocycles. The van der Waals surface area contributed by atoms with Crippen LogP contribution < -0.4 is 5.32 Å². The van der Waals surface area contributed by atoms with Crippen molar-refractivity contribution >= 4 is 11.9 Å². The maximum absolute atomic E-state index is 11.7. The lowest BCUT2D eigenvalue weighted by atomic mass is 10.0. The van der Waals surface area contributed by atoms with Crippen LogP contribution in [0.25, 0.3) is 0 Å². The van der Waals surface area contributed by atoms with Crippen LogP contribution in [-0.4, -0.2) is 36.2 Å². The number of amides is 1. The van der Waals surface area contributed by atoms with E-state index in [1.807, 2.05) is 6.92 Å². The first-order valence-corrected chi connectivity index (χ1v) is 6.27. The molecule has 0 radical (unpaired) electrons. The summed E-state index contributed by atoms with van der Waals surface area (Å²) in [5.74, 6) is -1.52. The summed E-state index contributed by atoms with van der Waals surface area (Å²) in [6.07, 6.45) is 3.72. The van der Waals surface area contributed by atoms with Crippen molar-refractivity contribution in [1.29, 1.82) is 0 Å². The molecule has 1 fully saturated rings. The average molecular weight is 243 g/mol. The number of nitrogens with one attached hydrogen (secondary N) is 1. The summed E-state index contributed by atoms with van der Waals surface area (Å²) < 4.78 is 5.33. The number of carboxylic acids is 1. The summed E-state index contributed by atoms with van der Waals surface area (Å²) in [6.45, 7) is 2.75. The quantitative estimate of drug-likeness (QED) is 0.734. The number of carbonyl (C=O) groups is 2. The molecule has 0 spiro atoms. The molecule has 1 rings (SSSR count). The van der Waals surface area contributed by atoms with Crippen molar-refractivity contribution in [3.8, 4) is 0 Å². The molecule has 98 valence electrons. The highest BCUT2D eigenvalue weighted by molar-refractivity contribution is 5.81. The van der Waals surface area contributed by atoms with E-state index in [4.69, 9.17) is 9.84 Å². The van der Waals surface area contributed by atoms with Crippen LogP contribution >= 0.6 is 0 Å². The molecule has 2 N–H and O–H groups in total. The lowest BCUT2D eigenvalue weighted by molar-refractivity contribution is -0.142. The smallest absolute Gasteiger partial charge is 0.308 e. The van der Waals surface area contributed by atoms with Crippen molar-refractivity contribution in [1.82, 2.24) is 5.32 Å². The highest BCUT2D eigenvalue weighted by Gasteiger charge is 2.23. The van der Waals surface area contributed by atoms with E-state index in [1.54, 1.807) is 0 Å². The Morgan fingerprint density at radius 2 is 2.24 bits per heavy atom. The lowest BCUT2D eigenvalue weighted by Gasteiger charge is -2.22. The van der Waals surface area contributed by atoms with Crippen molar-refractivity contribution in [3.63, 3.8) is 0 Å². The third kappa shape index (κ3) is 4.73. The SMILES string of the molecule is CCCC(CNC(=O)C1CCCCO1)C(=O)O. The number of carbonyl (C=O) groups excluding carboxylic acids is 1. The second-order valence-electron chi connectivity index (χ2n) is 4.42. The number of ether oxygens (including phenoxy) is 1. The lowest BCUT2D eigenvalue weighted by Crippen LogP contribution is -2.41. The molecule has 2 atom stereocenters. The van der Waals surface area contributed by atoms with Crippen LogP contribution in [0.5, 0.6) is 0 Å². The molecule has 0 aromatic rings. The van der Waals surface area contributed by atoms with E-state index < -0.39 is 11.9 Å². The van der Waals surface area contributed by atoms with Gasteiger partial charge in [-0.05, 0) is 25.7 Å². The Kier molecular flexibility index (Phi) is 5.97. The molecule has 1 aliphatic heterocycles. The molecule has 17 heavy (non-hydrogen) atoms. The van der Waals surface area contributed by atoms with Crippen LogP contribution in [0.15, 0.2) is 0 Å². The van der Waals surface area contributed by atoms with E-state index >= 15 is 0 Å². The zero-order valence-corrected chi connectivity index (χ0v) is 10.3. The first-order chi connectivity index (χ1) is 8.15. The predicted molar refractivity (Wildman–Crippen MR) is 62.6 cm³/mol. The van der Waals surface area contributed by atoms with E-state index in [2.05, 4.69) is 5.32 Å². The number of aliphatic carboxylic acids is 1. The maximum atomic E-state index is 11.7. The van der Waals surface area contributed by atoms with Crippen molar-refractivity contribution in [3.05, 3.63) is 0 Å². The van der Waals surface area contributed by atoms with E-state index in [-0.39, 0.29) is 18.6 Å². The molecule has 1 aliphatic rings. The van der Waals surface area contributed by atoms with Crippen LogP contribution in [0.4, 0.5) is 0 Å². The van der Waals surface area contributed by atoms with Crippen molar-refractivity contribution in [2.45, 2.75) is 45.1 Å². The van der Waals surface area contributed by atoms with E-state index in [0.717, 1.165) is 25.7 Å². The molecule has 5 nitrogen and oxygen atoms in total. The molecule has 0 saturated carbocycles. The second kappa shape index (κ2) is 7.27. The van der Waals surface area contributed by atoms with Gasteiger partial charge < -0.3 is 15.2 Å². The summed E-state index contributed by atoms with van der Waals surface area (Å²) in [5, 5.41) is 11.6. The molecule has 0 aromatic carbocycles. The third-order valence-corrected chi connectivity index (χ3v) is 2.98. The second-order valence-corrected chi connectivity index (χ2v) is 4.42. The van der Waals surface area contributed by atoms with E-state index in [0.29, 0.717) is 13.0 Å². The van der Waals surface area contributed by atoms with Gasteiger partial charge in [0.1, 0.15) is 6.10 Å². The summed E-state index contributed by atoms with van der Waals surface area (Å²) in [5.41, 5.74) is 0. The van der Waals surface area contributed by atoms with Gasteiger partial charge in [0.25, 0.3) is 0 Å². The number of hydrogen-bond acceptors (Lipinski definition) is 3. The Labute approximate surface area is 102 Å². The van der Waals surface area contributed by atoms with Crippen LogP contribution in [0.1, 0.15) is 39.0 Å². The number of carboxylic acid groups (broad SMARTS) is 1. The van der Waals surface area contributed by atoms with Crippen molar-refractivity contribution < 1.29 is 19.4 Å². The fourth-order valence-electron chi connectivity index (χ4n) is 1.95. The van der Waals surface area contributed by atoms with Gasteiger partial charge in [-0.15, -0.1) is 0 Å². The van der Waals surface area contributed by atoms with Gasteiger partial charge >= 0.3 is 5.97 Å². The van der Waals surface area contributed by atoms with Gasteiger partial charge in [-0.1, -0.05) is 13.3 Å². The van der Waals surface area contributed by atoms with Crippen LogP contribution in [0, 0.1) is 5.92 Å². The van der Waals surface area contributed by atoms with Gasteiger partial charge in [-0.2, -0.15) is 0 Å². The third-order valence-electron chi connectivity index (χ3n) is 2.98. The van der Waals surface area contributed by atoms with Crippen molar-refractivity contribution in [2.24, 2.45) is 5.92 Å². The zero-order chi connectivity index (χ0) is 12.7. The minimum absolute atomic E-state index is 0.174. The Balaban J connectivity index is 2.32. The topological polar surface area (TPSA) is 75.6 Å². The highest BCUT2D eigenvalue weighted by Crippen LogP contribution is 2.13. The molecule has 1 amide bonds. The van der Waals surface area contributed by atoms with E-state index in [9.17, 15) is 9.59 Å². The van der Waals surface area contributed by atoms with Crippen LogP contribution in [-0.2, 0) is 14.3 Å². The van der Waals surface area contributed by atoms with Gasteiger partial charge in [0.2, 0.25) is 5.91 Å². The first kappa shape index (κ1) is 14.0. The molecule has 1 saturated heterocycles. The molecular formula is C12H21NO4. The van der Waals surface area contributed by atoms with Gasteiger partial charge in [0.05, 0.1) is 5.92 Å². The van der Waals surface area contributed by atoms with Gasteiger partial charge in [-0.3, -0.25) is 9.59 Å². The summed E-state index contributed by atoms with van der Waals surface area (Å²) in [4.78, 5) is 22.6. The Bertz CT molecular complexity index is 261. The summed E-state index contributed by atoms with van der Waals surface area (Å²) in [6, 6.07) is 0.